The Labute approximate surface area is 200 Å². The van der Waals surface area contributed by atoms with Gasteiger partial charge in [-0.3, -0.25) is 13.7 Å². The lowest BCUT2D eigenvalue weighted by molar-refractivity contribution is -0.114. The van der Waals surface area contributed by atoms with Gasteiger partial charge in [-0.2, -0.15) is 10.5 Å². The number of carbonyl (C=O) groups excluding carboxylic acids is 1. The summed E-state index contributed by atoms with van der Waals surface area (Å²) in [5, 5.41) is 19.1. The minimum Gasteiger partial charge on any atom is -0.494 e. The minimum absolute atomic E-state index is 0.114. The van der Waals surface area contributed by atoms with Crippen LogP contribution in [0.15, 0.2) is 48.0 Å². The number of hydrogen-bond acceptors (Lipinski definition) is 6. The van der Waals surface area contributed by atoms with Gasteiger partial charge in [0.05, 0.1) is 34.0 Å². The zero-order chi connectivity index (χ0) is 23.5. The van der Waals surface area contributed by atoms with E-state index in [1.807, 2.05) is 73.3 Å². The molecule has 2 aliphatic heterocycles. The Morgan fingerprint density at radius 3 is 2.45 bits per heavy atom. The summed E-state index contributed by atoms with van der Waals surface area (Å²) in [6.45, 7) is 6.25. The van der Waals surface area contributed by atoms with Gasteiger partial charge in [-0.25, -0.2) is 0 Å². The maximum Gasteiger partial charge on any atom is 0.261 e. The molecule has 0 saturated carbocycles. The lowest BCUT2D eigenvalue weighted by atomic mass is 9.87. The van der Waals surface area contributed by atoms with Crippen LogP contribution < -0.4 is 9.64 Å². The summed E-state index contributed by atoms with van der Waals surface area (Å²) < 4.78 is 8.46. The van der Waals surface area contributed by atoms with Crippen LogP contribution in [0.2, 0.25) is 0 Å². The second-order valence-electron chi connectivity index (χ2n) is 8.20. The van der Waals surface area contributed by atoms with Gasteiger partial charge < -0.3 is 4.74 Å². The van der Waals surface area contributed by atoms with Crippen LogP contribution in [-0.2, 0) is 10.3 Å². The zero-order valence-corrected chi connectivity index (χ0v) is 19.8. The lowest BCUT2D eigenvalue weighted by Gasteiger charge is -2.40. The first-order valence-electron chi connectivity index (χ1n) is 10.4. The van der Waals surface area contributed by atoms with Crippen molar-refractivity contribution in [3.63, 3.8) is 0 Å². The van der Waals surface area contributed by atoms with Crippen molar-refractivity contribution in [3.8, 4) is 34.7 Å². The molecule has 0 atom stereocenters. The lowest BCUT2D eigenvalue weighted by Crippen LogP contribution is -2.45. The average Bonchev–Trinajstić information content (AvgIpc) is 3.31. The van der Waals surface area contributed by atoms with Crippen molar-refractivity contribution in [1.82, 2.24) is 3.96 Å². The molecule has 1 amide bonds. The fraction of sp³-hybridized carbons (Fsp3) is 0.200. The molecule has 0 N–H and O–H groups in total. The van der Waals surface area contributed by atoms with Gasteiger partial charge in [-0.15, -0.1) is 0 Å². The summed E-state index contributed by atoms with van der Waals surface area (Å²) in [5.74, 6) is 0.199. The number of allylic oxidation sites excluding steroid dienone is 1. The molecule has 3 heterocycles. The van der Waals surface area contributed by atoms with Crippen LogP contribution >= 0.6 is 23.8 Å². The highest BCUT2D eigenvalue weighted by Gasteiger charge is 2.50. The highest BCUT2D eigenvalue weighted by atomic mass is 32.1. The molecule has 1 aromatic heterocycles. The van der Waals surface area contributed by atoms with Gasteiger partial charge >= 0.3 is 0 Å². The number of anilines is 1. The summed E-state index contributed by atoms with van der Waals surface area (Å²) in [4.78, 5) is 16.3. The van der Waals surface area contributed by atoms with Crippen LogP contribution in [0.25, 0.3) is 22.4 Å². The van der Waals surface area contributed by atoms with Crippen molar-refractivity contribution in [2.75, 3.05) is 11.5 Å². The fourth-order valence-electron chi connectivity index (χ4n) is 4.59. The number of rotatable bonds is 3. The number of nitriles is 2. The number of carbonyl (C=O) groups is 1. The van der Waals surface area contributed by atoms with Crippen LogP contribution in [0.3, 0.4) is 0 Å². The summed E-state index contributed by atoms with van der Waals surface area (Å²) in [5.41, 5.74) is 2.98. The number of benzene rings is 2. The Balaban J connectivity index is 1.91. The molecule has 0 aliphatic carbocycles. The minimum atomic E-state index is -0.739. The quantitative estimate of drug-likeness (QED) is 0.277. The summed E-state index contributed by atoms with van der Waals surface area (Å²) >= 11 is 7.45. The van der Waals surface area contributed by atoms with Gasteiger partial charge in [0.1, 0.15) is 28.1 Å². The molecule has 0 unspecified atom stereocenters. The van der Waals surface area contributed by atoms with Crippen LogP contribution in [0.1, 0.15) is 31.2 Å². The average molecular weight is 471 g/mol. The van der Waals surface area contributed by atoms with E-state index in [2.05, 4.69) is 0 Å². The molecule has 6 nitrogen and oxygen atoms in total. The summed E-state index contributed by atoms with van der Waals surface area (Å²) in [6.07, 6.45) is 0. The monoisotopic (exact) mass is 470 g/mol. The molecule has 5 rings (SSSR count). The normalized spacial score (nSPS) is 14.9. The Morgan fingerprint density at radius 2 is 1.82 bits per heavy atom. The molecule has 3 aromatic rings. The predicted octanol–water partition coefficient (Wildman–Crippen LogP) is 5.73. The second kappa shape index (κ2) is 7.41. The van der Waals surface area contributed by atoms with Gasteiger partial charge in [0.15, 0.2) is 0 Å². The number of para-hydroxylation sites is 1. The topological polar surface area (TPSA) is 82.0 Å². The number of nitrogens with zero attached hydrogens (tertiary/aromatic N) is 4. The van der Waals surface area contributed by atoms with Crippen molar-refractivity contribution < 1.29 is 9.53 Å². The highest BCUT2D eigenvalue weighted by Crippen LogP contribution is 2.58. The Bertz CT molecular complexity index is 1500. The molecule has 0 spiro atoms. The second-order valence-corrected chi connectivity index (χ2v) is 9.55. The van der Waals surface area contributed by atoms with Crippen molar-refractivity contribution in [3.05, 3.63) is 63.1 Å². The first kappa shape index (κ1) is 21.1. The smallest absolute Gasteiger partial charge is 0.261 e. The molecule has 8 heteroatoms. The molecular weight excluding hydrogens is 452 g/mol. The number of amides is 1. The van der Waals surface area contributed by atoms with Crippen molar-refractivity contribution in [1.29, 1.82) is 10.5 Å². The van der Waals surface area contributed by atoms with E-state index in [-0.39, 0.29) is 17.1 Å². The van der Waals surface area contributed by atoms with Crippen LogP contribution in [0.4, 0.5) is 5.69 Å². The number of hydrogen-bond donors (Lipinski definition) is 0. The van der Waals surface area contributed by atoms with Gasteiger partial charge in [0.2, 0.25) is 0 Å². The molecule has 2 aromatic carbocycles. The Morgan fingerprint density at radius 1 is 1.15 bits per heavy atom. The molecular formula is C25H18N4O2S2. The van der Waals surface area contributed by atoms with E-state index in [1.165, 1.54) is 11.5 Å². The predicted molar refractivity (Wildman–Crippen MR) is 130 cm³/mol. The third-order valence-electron chi connectivity index (χ3n) is 5.96. The van der Waals surface area contributed by atoms with E-state index in [1.54, 1.807) is 11.0 Å². The maximum absolute atomic E-state index is 13.7. The molecule has 0 radical (unpaired) electrons. The van der Waals surface area contributed by atoms with E-state index in [4.69, 9.17) is 17.0 Å². The molecule has 33 heavy (non-hydrogen) atoms. The van der Waals surface area contributed by atoms with E-state index >= 15 is 0 Å². The summed E-state index contributed by atoms with van der Waals surface area (Å²) in [7, 11) is 0. The first-order valence-corrected chi connectivity index (χ1v) is 11.6. The third kappa shape index (κ3) is 2.82. The molecule has 0 bridgehead atoms. The van der Waals surface area contributed by atoms with Crippen molar-refractivity contribution in [2.45, 2.75) is 26.3 Å². The third-order valence-corrected chi connectivity index (χ3v) is 7.93. The van der Waals surface area contributed by atoms with Crippen molar-refractivity contribution in [2.24, 2.45) is 0 Å². The van der Waals surface area contributed by atoms with Gasteiger partial charge in [-0.1, -0.05) is 41.9 Å². The van der Waals surface area contributed by atoms with E-state index in [0.29, 0.717) is 28.2 Å². The highest BCUT2D eigenvalue weighted by molar-refractivity contribution is 7.71. The van der Waals surface area contributed by atoms with E-state index in [0.717, 1.165) is 21.7 Å². The molecule has 2 aliphatic rings. The number of aromatic nitrogens is 1. The van der Waals surface area contributed by atoms with Gasteiger partial charge in [-0.05, 0) is 45.0 Å². The van der Waals surface area contributed by atoms with E-state index in [9.17, 15) is 15.3 Å². The van der Waals surface area contributed by atoms with Crippen LogP contribution in [-0.4, -0.2) is 16.5 Å². The maximum atomic E-state index is 13.7. The van der Waals surface area contributed by atoms with Crippen LogP contribution in [0.5, 0.6) is 5.75 Å². The number of fused-ring (bicyclic) bond motifs is 2. The Hall–Kier alpha value is -3.72. The van der Waals surface area contributed by atoms with E-state index < -0.39 is 5.54 Å². The zero-order valence-electron chi connectivity index (χ0n) is 18.2. The first-order chi connectivity index (χ1) is 15.8. The standard InChI is InChI=1S/C25H18N4O2S2/c1-4-31-16-10-17-19(14(12-26)13-27)23(30)28-21(17)18(11-16)20-22(25(28,2)3)33-29(24(20)32)15-8-6-5-7-9-15/h5-11H,4H2,1-3H3. The Kier molecular flexibility index (Phi) is 4.75. The van der Waals surface area contributed by atoms with Gasteiger partial charge in [0.25, 0.3) is 5.91 Å². The SMILES string of the molecule is CCOc1cc2c3c(c1)-c1c(sn(-c4ccccc4)c1=S)C(C)(C)N3C(=O)C2=C(C#N)C#N. The molecule has 0 fully saturated rings. The fourth-order valence-corrected chi connectivity index (χ4v) is 6.28. The summed E-state index contributed by atoms with van der Waals surface area (Å²) in [6, 6.07) is 17.3. The molecule has 162 valence electrons. The van der Waals surface area contributed by atoms with Crippen LogP contribution in [0, 0.1) is 27.3 Å². The molecule has 0 saturated heterocycles. The largest absolute Gasteiger partial charge is 0.494 e. The van der Waals surface area contributed by atoms with Gasteiger partial charge in [0, 0.05) is 16.7 Å². The number of ether oxygens (including phenoxy) is 1. The van der Waals surface area contributed by atoms with Crippen molar-refractivity contribution >= 4 is 40.9 Å².